The first-order chi connectivity index (χ1) is 6.92. The molecule has 0 aromatic heterocycles. The highest BCUT2D eigenvalue weighted by Crippen LogP contribution is 2.27. The van der Waals surface area contributed by atoms with E-state index < -0.39 is 10.0 Å². The molecule has 6 heteroatoms. The molecule has 1 aromatic carbocycles. The molecule has 0 bridgehead atoms. The van der Waals surface area contributed by atoms with Gasteiger partial charge in [-0.05, 0) is 24.6 Å². The first-order valence-corrected chi connectivity index (χ1v) is 6.09. The zero-order valence-corrected chi connectivity index (χ0v) is 9.12. The Balaban J connectivity index is 2.97. The van der Waals surface area contributed by atoms with Crippen LogP contribution in [0.3, 0.4) is 0 Å². The number of phenols is 1. The highest BCUT2D eigenvalue weighted by atomic mass is 32.2. The number of hydrogen-bond donors (Lipinski definition) is 2. The molecule has 0 spiro atoms. The predicted octanol–water partition coefficient (Wildman–Crippen LogP) is 0.579. The van der Waals surface area contributed by atoms with Crippen LogP contribution in [0.5, 0.6) is 11.5 Å². The molecule has 0 atom stereocenters. The van der Waals surface area contributed by atoms with Crippen LogP contribution in [0.2, 0.25) is 0 Å². The number of phenolic OH excluding ortho intramolecular Hbond substituents is 1. The van der Waals surface area contributed by atoms with Crippen LogP contribution in [0.15, 0.2) is 18.2 Å². The molecule has 1 aromatic rings. The molecule has 84 valence electrons. The molecule has 5 nitrogen and oxygen atoms in total. The van der Waals surface area contributed by atoms with Gasteiger partial charge in [0.05, 0.1) is 12.4 Å². The summed E-state index contributed by atoms with van der Waals surface area (Å²) >= 11 is 0. The van der Waals surface area contributed by atoms with Gasteiger partial charge in [0.1, 0.15) is 0 Å². The van der Waals surface area contributed by atoms with Crippen LogP contribution in [0.25, 0.3) is 0 Å². The van der Waals surface area contributed by atoms with Crippen molar-refractivity contribution in [3.05, 3.63) is 23.8 Å². The molecule has 15 heavy (non-hydrogen) atoms. The summed E-state index contributed by atoms with van der Waals surface area (Å²) in [5.74, 6) is -0.0263. The van der Waals surface area contributed by atoms with Crippen molar-refractivity contribution in [1.29, 1.82) is 0 Å². The number of hydrogen-bond acceptors (Lipinski definition) is 4. The fourth-order valence-corrected chi connectivity index (χ4v) is 1.80. The van der Waals surface area contributed by atoms with Crippen LogP contribution in [0, 0.1) is 0 Å². The molecule has 0 unspecified atom stereocenters. The average molecular weight is 231 g/mol. The summed E-state index contributed by atoms with van der Waals surface area (Å²) < 4.78 is 26.8. The lowest BCUT2D eigenvalue weighted by Gasteiger charge is -2.07. The third-order valence-corrected chi connectivity index (χ3v) is 2.43. The number of aromatic hydroxyl groups is 1. The minimum Gasteiger partial charge on any atom is -0.504 e. The first kappa shape index (κ1) is 11.8. The minimum absolute atomic E-state index is 0.0185. The van der Waals surface area contributed by atoms with E-state index in [0.29, 0.717) is 12.2 Å². The molecule has 0 aliphatic heterocycles. The Hall–Kier alpha value is -1.27. The molecule has 0 amide bonds. The summed E-state index contributed by atoms with van der Waals surface area (Å²) in [6, 6.07) is 4.33. The fraction of sp³-hybridized carbons (Fsp3) is 0.333. The second-order valence-electron chi connectivity index (χ2n) is 3.04. The van der Waals surface area contributed by atoms with Crippen molar-refractivity contribution < 1.29 is 18.3 Å². The molecule has 0 fully saturated rings. The van der Waals surface area contributed by atoms with Gasteiger partial charge in [-0.1, -0.05) is 6.07 Å². The van der Waals surface area contributed by atoms with Crippen LogP contribution in [-0.2, 0) is 15.8 Å². The molecule has 0 saturated carbocycles. The lowest BCUT2D eigenvalue weighted by atomic mass is 10.2. The Morgan fingerprint density at radius 1 is 1.47 bits per heavy atom. The van der Waals surface area contributed by atoms with Crippen LogP contribution < -0.4 is 9.88 Å². The predicted molar refractivity (Wildman–Crippen MR) is 56.1 cm³/mol. The summed E-state index contributed by atoms with van der Waals surface area (Å²) in [5.41, 5.74) is 0.485. The van der Waals surface area contributed by atoms with Crippen molar-refractivity contribution in [2.24, 2.45) is 5.14 Å². The third kappa shape index (κ3) is 3.77. The zero-order valence-electron chi connectivity index (χ0n) is 8.30. The van der Waals surface area contributed by atoms with Gasteiger partial charge in [0.15, 0.2) is 11.5 Å². The van der Waals surface area contributed by atoms with Crippen LogP contribution in [0.4, 0.5) is 0 Å². The summed E-state index contributed by atoms with van der Waals surface area (Å²) in [5, 5.41) is 14.3. The number of rotatable bonds is 4. The molecule has 0 heterocycles. The SMILES string of the molecule is CCOc1cc(CS(N)(=O)=O)ccc1O. The van der Waals surface area contributed by atoms with Gasteiger partial charge in [-0.15, -0.1) is 0 Å². The van der Waals surface area contributed by atoms with Gasteiger partial charge in [-0.25, -0.2) is 13.6 Å². The number of primary sulfonamides is 1. The quantitative estimate of drug-likeness (QED) is 0.793. The second-order valence-corrected chi connectivity index (χ2v) is 4.66. The summed E-state index contributed by atoms with van der Waals surface area (Å²) in [6.07, 6.45) is 0. The lowest BCUT2D eigenvalue weighted by Crippen LogP contribution is -2.14. The van der Waals surface area contributed by atoms with Crippen molar-refractivity contribution >= 4 is 10.0 Å². The van der Waals surface area contributed by atoms with Gasteiger partial charge >= 0.3 is 0 Å². The zero-order chi connectivity index (χ0) is 11.5. The summed E-state index contributed by atoms with van der Waals surface area (Å²) in [4.78, 5) is 0. The van der Waals surface area contributed by atoms with Gasteiger partial charge in [0.2, 0.25) is 10.0 Å². The largest absolute Gasteiger partial charge is 0.504 e. The maximum atomic E-state index is 10.8. The van der Waals surface area contributed by atoms with Crippen LogP contribution >= 0.6 is 0 Å². The monoisotopic (exact) mass is 231 g/mol. The van der Waals surface area contributed by atoms with Gasteiger partial charge in [-0.2, -0.15) is 0 Å². The minimum atomic E-state index is -3.56. The molecule has 0 saturated heterocycles. The highest BCUT2D eigenvalue weighted by molar-refractivity contribution is 7.88. The van der Waals surface area contributed by atoms with E-state index in [9.17, 15) is 13.5 Å². The van der Waals surface area contributed by atoms with E-state index in [0.717, 1.165) is 0 Å². The number of benzene rings is 1. The van der Waals surface area contributed by atoms with Crippen LogP contribution in [-0.4, -0.2) is 20.1 Å². The van der Waals surface area contributed by atoms with Gasteiger partial charge in [0, 0.05) is 0 Å². The van der Waals surface area contributed by atoms with E-state index in [4.69, 9.17) is 9.88 Å². The van der Waals surface area contributed by atoms with E-state index in [2.05, 4.69) is 0 Å². The van der Waals surface area contributed by atoms with E-state index in [1.165, 1.54) is 18.2 Å². The van der Waals surface area contributed by atoms with Crippen molar-refractivity contribution in [2.45, 2.75) is 12.7 Å². The smallest absolute Gasteiger partial charge is 0.213 e. The fourth-order valence-electron chi connectivity index (χ4n) is 1.15. The van der Waals surface area contributed by atoms with E-state index >= 15 is 0 Å². The first-order valence-electron chi connectivity index (χ1n) is 4.37. The molecular weight excluding hydrogens is 218 g/mol. The van der Waals surface area contributed by atoms with E-state index in [1.807, 2.05) is 0 Å². The Labute approximate surface area is 88.5 Å². The lowest BCUT2D eigenvalue weighted by molar-refractivity contribution is 0.318. The topological polar surface area (TPSA) is 89.6 Å². The summed E-state index contributed by atoms with van der Waals surface area (Å²) in [7, 11) is -3.56. The van der Waals surface area contributed by atoms with Gasteiger partial charge in [0.25, 0.3) is 0 Å². The van der Waals surface area contributed by atoms with Crippen molar-refractivity contribution in [3.8, 4) is 11.5 Å². The molecule has 3 N–H and O–H groups in total. The maximum absolute atomic E-state index is 10.8. The Kier molecular flexibility index (Phi) is 3.54. The van der Waals surface area contributed by atoms with Crippen LogP contribution in [0.1, 0.15) is 12.5 Å². The Bertz CT molecular complexity index is 441. The maximum Gasteiger partial charge on any atom is 0.213 e. The molecule has 0 aliphatic rings. The number of sulfonamides is 1. The summed E-state index contributed by atoms with van der Waals surface area (Å²) in [6.45, 7) is 2.16. The van der Waals surface area contributed by atoms with Crippen molar-refractivity contribution in [2.75, 3.05) is 6.61 Å². The highest BCUT2D eigenvalue weighted by Gasteiger charge is 2.08. The average Bonchev–Trinajstić information content (AvgIpc) is 2.09. The number of ether oxygens (including phenoxy) is 1. The molecule has 0 aliphatic carbocycles. The molecule has 0 radical (unpaired) electrons. The molecule has 1 rings (SSSR count). The van der Waals surface area contributed by atoms with E-state index in [-0.39, 0.29) is 17.3 Å². The standard InChI is InChI=1S/C9H13NO4S/c1-2-14-9-5-7(3-4-8(9)11)6-15(10,12)13/h3-5,11H,2,6H2,1H3,(H2,10,12,13). The van der Waals surface area contributed by atoms with E-state index in [1.54, 1.807) is 6.92 Å². The number of nitrogens with two attached hydrogens (primary N) is 1. The van der Waals surface area contributed by atoms with Crippen molar-refractivity contribution in [1.82, 2.24) is 0 Å². The Morgan fingerprint density at radius 3 is 2.67 bits per heavy atom. The van der Waals surface area contributed by atoms with Gasteiger partial charge in [-0.3, -0.25) is 0 Å². The second kappa shape index (κ2) is 4.50. The molecular formula is C9H13NO4S. The van der Waals surface area contributed by atoms with Crippen molar-refractivity contribution in [3.63, 3.8) is 0 Å². The normalized spacial score (nSPS) is 11.3. The van der Waals surface area contributed by atoms with Gasteiger partial charge < -0.3 is 9.84 Å². The third-order valence-electron chi connectivity index (χ3n) is 1.69. The Morgan fingerprint density at radius 2 is 2.13 bits per heavy atom.